The number of hydrogen-bond acceptors (Lipinski definition) is 3. The van der Waals surface area contributed by atoms with E-state index in [1.807, 2.05) is 0 Å². The fourth-order valence-electron chi connectivity index (χ4n) is 2.92. The Morgan fingerprint density at radius 2 is 1.87 bits per heavy atom. The van der Waals surface area contributed by atoms with Crippen LogP contribution < -0.4 is 10.1 Å². The Morgan fingerprint density at radius 1 is 1.13 bits per heavy atom. The summed E-state index contributed by atoms with van der Waals surface area (Å²) < 4.78 is 5.10. The Kier molecular flexibility index (Phi) is 4.93. The van der Waals surface area contributed by atoms with E-state index in [1.54, 1.807) is 31.4 Å². The van der Waals surface area contributed by atoms with E-state index in [2.05, 4.69) is 34.5 Å². The monoisotopic (exact) mass is 310 g/mol. The highest BCUT2D eigenvalue weighted by atomic mass is 16.5. The third-order valence-corrected chi connectivity index (χ3v) is 4.28. The van der Waals surface area contributed by atoms with E-state index in [0.29, 0.717) is 12.1 Å². The van der Waals surface area contributed by atoms with Gasteiger partial charge in [-0.25, -0.2) is 0 Å². The molecule has 0 fully saturated rings. The minimum Gasteiger partial charge on any atom is -0.497 e. The van der Waals surface area contributed by atoms with E-state index in [1.165, 1.54) is 11.1 Å². The highest BCUT2D eigenvalue weighted by Gasteiger charge is 2.15. The SMILES string of the molecule is COc1ccc(C(=O)NCCN2CCc3ccccc3C2)cc1. The lowest BCUT2D eigenvalue weighted by molar-refractivity contribution is 0.0947. The van der Waals surface area contributed by atoms with E-state index >= 15 is 0 Å². The molecule has 1 heterocycles. The normalized spacial score (nSPS) is 14.1. The number of fused-ring (bicyclic) bond motifs is 1. The van der Waals surface area contributed by atoms with E-state index in [-0.39, 0.29) is 5.91 Å². The summed E-state index contributed by atoms with van der Waals surface area (Å²) in [5, 5.41) is 2.99. The molecule has 4 nitrogen and oxygen atoms in total. The van der Waals surface area contributed by atoms with Gasteiger partial charge in [0.15, 0.2) is 0 Å². The van der Waals surface area contributed by atoms with Crippen molar-refractivity contribution in [2.45, 2.75) is 13.0 Å². The smallest absolute Gasteiger partial charge is 0.251 e. The number of rotatable bonds is 5. The van der Waals surface area contributed by atoms with Gasteiger partial charge in [0.25, 0.3) is 5.91 Å². The van der Waals surface area contributed by atoms with Gasteiger partial charge in [-0.3, -0.25) is 9.69 Å². The number of methoxy groups -OCH3 is 1. The van der Waals surface area contributed by atoms with Gasteiger partial charge in [-0.2, -0.15) is 0 Å². The van der Waals surface area contributed by atoms with Gasteiger partial charge in [-0.1, -0.05) is 24.3 Å². The lowest BCUT2D eigenvalue weighted by Gasteiger charge is -2.28. The Hall–Kier alpha value is -2.33. The van der Waals surface area contributed by atoms with Gasteiger partial charge in [0.05, 0.1) is 7.11 Å². The van der Waals surface area contributed by atoms with E-state index in [4.69, 9.17) is 4.74 Å². The van der Waals surface area contributed by atoms with Gasteiger partial charge in [-0.15, -0.1) is 0 Å². The number of nitrogens with zero attached hydrogens (tertiary/aromatic N) is 1. The van der Waals surface area contributed by atoms with Gasteiger partial charge < -0.3 is 10.1 Å². The van der Waals surface area contributed by atoms with Crippen LogP contribution in [0.25, 0.3) is 0 Å². The molecule has 0 bridgehead atoms. The largest absolute Gasteiger partial charge is 0.497 e. The first-order valence-electron chi connectivity index (χ1n) is 7.97. The van der Waals surface area contributed by atoms with Crippen LogP contribution in [0.2, 0.25) is 0 Å². The van der Waals surface area contributed by atoms with Gasteiger partial charge in [0.1, 0.15) is 5.75 Å². The molecule has 120 valence electrons. The van der Waals surface area contributed by atoms with Crippen molar-refractivity contribution in [1.29, 1.82) is 0 Å². The Bertz CT molecular complexity index is 667. The number of carbonyl (C=O) groups is 1. The Morgan fingerprint density at radius 3 is 2.61 bits per heavy atom. The molecule has 4 heteroatoms. The minimum absolute atomic E-state index is 0.0370. The van der Waals surface area contributed by atoms with Crippen LogP contribution in [0.15, 0.2) is 48.5 Å². The van der Waals surface area contributed by atoms with E-state index < -0.39 is 0 Å². The first-order valence-corrected chi connectivity index (χ1v) is 7.97. The molecule has 0 unspecified atom stereocenters. The van der Waals surface area contributed by atoms with Crippen molar-refractivity contribution >= 4 is 5.91 Å². The molecule has 0 atom stereocenters. The summed E-state index contributed by atoms with van der Waals surface area (Å²) in [5.41, 5.74) is 3.51. The third-order valence-electron chi connectivity index (χ3n) is 4.28. The molecular formula is C19H22N2O2. The summed E-state index contributed by atoms with van der Waals surface area (Å²) in [6.07, 6.45) is 1.09. The second-order valence-corrected chi connectivity index (χ2v) is 5.78. The number of ether oxygens (including phenoxy) is 1. The van der Waals surface area contributed by atoms with Crippen LogP contribution >= 0.6 is 0 Å². The van der Waals surface area contributed by atoms with Crippen molar-refractivity contribution < 1.29 is 9.53 Å². The zero-order valence-corrected chi connectivity index (χ0v) is 13.4. The van der Waals surface area contributed by atoms with E-state index in [9.17, 15) is 4.79 Å². The molecule has 0 saturated heterocycles. The maximum absolute atomic E-state index is 12.1. The average molecular weight is 310 g/mol. The van der Waals surface area contributed by atoms with Gasteiger partial charge in [0.2, 0.25) is 0 Å². The maximum Gasteiger partial charge on any atom is 0.251 e. The molecule has 1 amide bonds. The van der Waals surface area contributed by atoms with Crippen LogP contribution in [0.3, 0.4) is 0 Å². The number of hydrogen-bond donors (Lipinski definition) is 1. The zero-order valence-electron chi connectivity index (χ0n) is 13.4. The molecule has 23 heavy (non-hydrogen) atoms. The molecule has 1 aliphatic heterocycles. The summed E-state index contributed by atoms with van der Waals surface area (Å²) in [4.78, 5) is 14.5. The highest BCUT2D eigenvalue weighted by Crippen LogP contribution is 2.17. The molecule has 3 rings (SSSR count). The molecule has 0 saturated carbocycles. The number of benzene rings is 2. The van der Waals surface area contributed by atoms with Crippen molar-refractivity contribution in [2.24, 2.45) is 0 Å². The average Bonchev–Trinajstić information content (AvgIpc) is 2.61. The first-order chi connectivity index (χ1) is 11.3. The summed E-state index contributed by atoms with van der Waals surface area (Å²) in [6, 6.07) is 15.8. The minimum atomic E-state index is -0.0370. The molecule has 1 N–H and O–H groups in total. The van der Waals surface area contributed by atoms with Crippen LogP contribution in [0.4, 0.5) is 0 Å². The standard InChI is InChI=1S/C19H22N2O2/c1-23-18-8-6-16(7-9-18)19(22)20-11-13-21-12-10-15-4-2-3-5-17(15)14-21/h2-9H,10-14H2,1H3,(H,20,22). The second-order valence-electron chi connectivity index (χ2n) is 5.78. The summed E-state index contributed by atoms with van der Waals surface area (Å²) in [6.45, 7) is 3.55. The van der Waals surface area contributed by atoms with Gasteiger partial charge in [0, 0.05) is 31.7 Å². The summed E-state index contributed by atoms with van der Waals surface area (Å²) >= 11 is 0. The van der Waals surface area contributed by atoms with Crippen molar-refractivity contribution in [3.63, 3.8) is 0 Å². The third kappa shape index (κ3) is 3.90. The molecule has 2 aromatic rings. The van der Waals surface area contributed by atoms with Crippen LogP contribution in [0.5, 0.6) is 5.75 Å². The molecular weight excluding hydrogens is 288 g/mol. The fourth-order valence-corrected chi connectivity index (χ4v) is 2.92. The zero-order chi connectivity index (χ0) is 16.1. The lowest BCUT2D eigenvalue weighted by Crippen LogP contribution is -2.37. The molecule has 2 aromatic carbocycles. The number of carbonyl (C=O) groups excluding carboxylic acids is 1. The predicted molar refractivity (Wildman–Crippen MR) is 90.8 cm³/mol. The van der Waals surface area contributed by atoms with Crippen LogP contribution in [-0.4, -0.2) is 37.6 Å². The predicted octanol–water partition coefficient (Wildman–Crippen LogP) is 2.48. The molecule has 0 aliphatic carbocycles. The van der Waals surface area contributed by atoms with Crippen LogP contribution in [-0.2, 0) is 13.0 Å². The Labute approximate surface area is 137 Å². The first kappa shape index (κ1) is 15.6. The van der Waals surface area contributed by atoms with Crippen molar-refractivity contribution in [3.05, 3.63) is 65.2 Å². The number of nitrogens with one attached hydrogen (secondary N) is 1. The highest BCUT2D eigenvalue weighted by molar-refractivity contribution is 5.94. The summed E-state index contributed by atoms with van der Waals surface area (Å²) in [5.74, 6) is 0.721. The topological polar surface area (TPSA) is 41.6 Å². The molecule has 0 radical (unpaired) electrons. The summed E-state index contributed by atoms with van der Waals surface area (Å²) in [7, 11) is 1.62. The van der Waals surface area contributed by atoms with Crippen molar-refractivity contribution in [1.82, 2.24) is 10.2 Å². The Balaban J connectivity index is 1.47. The maximum atomic E-state index is 12.1. The lowest BCUT2D eigenvalue weighted by atomic mass is 10.00. The number of amides is 1. The van der Waals surface area contributed by atoms with E-state index in [0.717, 1.165) is 31.8 Å². The van der Waals surface area contributed by atoms with Gasteiger partial charge in [-0.05, 0) is 41.8 Å². The van der Waals surface area contributed by atoms with Crippen LogP contribution in [0, 0.1) is 0 Å². The quantitative estimate of drug-likeness (QED) is 0.922. The van der Waals surface area contributed by atoms with Crippen molar-refractivity contribution in [3.8, 4) is 5.75 Å². The fraction of sp³-hybridized carbons (Fsp3) is 0.316. The molecule has 1 aliphatic rings. The second kappa shape index (κ2) is 7.29. The van der Waals surface area contributed by atoms with Crippen LogP contribution in [0.1, 0.15) is 21.5 Å². The van der Waals surface area contributed by atoms with Crippen molar-refractivity contribution in [2.75, 3.05) is 26.7 Å². The van der Waals surface area contributed by atoms with Gasteiger partial charge >= 0.3 is 0 Å². The molecule has 0 aromatic heterocycles. The molecule has 0 spiro atoms.